The van der Waals surface area contributed by atoms with Gasteiger partial charge in [0.1, 0.15) is 0 Å². The summed E-state index contributed by atoms with van der Waals surface area (Å²) in [5, 5.41) is 0. The van der Waals surface area contributed by atoms with Gasteiger partial charge in [-0.3, -0.25) is 4.18 Å². The lowest BCUT2D eigenvalue weighted by molar-refractivity contribution is -0.0626. The van der Waals surface area contributed by atoms with Crippen LogP contribution in [-0.2, 0) is 28.5 Å². The summed E-state index contributed by atoms with van der Waals surface area (Å²) in [6.45, 7) is 8.41. The molecule has 1 aromatic carbocycles. The second-order valence-corrected chi connectivity index (χ2v) is 7.49. The van der Waals surface area contributed by atoms with Gasteiger partial charge in [-0.15, -0.1) is 0 Å². The van der Waals surface area contributed by atoms with Crippen molar-refractivity contribution in [3.8, 4) is 0 Å². The molecule has 24 heavy (non-hydrogen) atoms. The van der Waals surface area contributed by atoms with Crippen molar-refractivity contribution in [2.24, 2.45) is 0 Å². The first-order valence-electron chi connectivity index (χ1n) is 7.96. The minimum absolute atomic E-state index is 0.0170. The molecule has 7 heteroatoms. The van der Waals surface area contributed by atoms with E-state index in [1.54, 1.807) is 26.2 Å². The van der Waals surface area contributed by atoms with Gasteiger partial charge >= 0.3 is 0 Å². The van der Waals surface area contributed by atoms with Crippen LogP contribution in [0.3, 0.4) is 0 Å². The fourth-order valence-corrected chi connectivity index (χ4v) is 3.00. The van der Waals surface area contributed by atoms with Gasteiger partial charge < -0.3 is 14.2 Å². The summed E-state index contributed by atoms with van der Waals surface area (Å²) in [7, 11) is -2.17. The lowest BCUT2D eigenvalue weighted by Crippen LogP contribution is -2.27. The molecule has 1 aromatic rings. The van der Waals surface area contributed by atoms with E-state index in [1.807, 2.05) is 20.8 Å². The molecule has 6 nitrogen and oxygen atoms in total. The van der Waals surface area contributed by atoms with Crippen molar-refractivity contribution in [1.29, 1.82) is 0 Å². The maximum atomic E-state index is 12.2. The molecule has 0 aromatic heterocycles. The van der Waals surface area contributed by atoms with Gasteiger partial charge in [0, 0.05) is 7.11 Å². The molecule has 0 fully saturated rings. The first kappa shape index (κ1) is 21.1. The first-order chi connectivity index (χ1) is 11.2. The standard InChI is InChI=1S/C17H28O6S/c1-13-6-8-17(9-7-13)24(18,19)23-16(4)12-22-15(3)11-21-14(2)10-20-5/h6-9,14-16H,10-12H2,1-5H3/t14-,15+,16+/m0/s1. The van der Waals surface area contributed by atoms with Gasteiger partial charge in [-0.2, -0.15) is 8.42 Å². The van der Waals surface area contributed by atoms with Crippen molar-refractivity contribution in [3.05, 3.63) is 29.8 Å². The summed E-state index contributed by atoms with van der Waals surface area (Å²) >= 11 is 0. The Morgan fingerprint density at radius 3 is 1.92 bits per heavy atom. The van der Waals surface area contributed by atoms with Gasteiger partial charge in [0.15, 0.2) is 0 Å². The molecule has 3 atom stereocenters. The first-order valence-corrected chi connectivity index (χ1v) is 9.37. The zero-order valence-corrected chi connectivity index (χ0v) is 15.8. The summed E-state index contributed by atoms with van der Waals surface area (Å²) in [6, 6.07) is 6.54. The Bertz CT molecular complexity index is 569. The Hall–Kier alpha value is -0.990. The monoisotopic (exact) mass is 360 g/mol. The zero-order valence-electron chi connectivity index (χ0n) is 15.0. The molecule has 0 N–H and O–H groups in total. The lowest BCUT2D eigenvalue weighted by atomic mass is 10.2. The number of rotatable bonds is 11. The fraction of sp³-hybridized carbons (Fsp3) is 0.647. The summed E-state index contributed by atoms with van der Waals surface area (Å²) < 4.78 is 45.6. The third-order valence-electron chi connectivity index (χ3n) is 3.23. The van der Waals surface area contributed by atoms with Crippen LogP contribution in [0.1, 0.15) is 26.3 Å². The molecule has 0 saturated carbocycles. The van der Waals surface area contributed by atoms with Crippen LogP contribution in [0.4, 0.5) is 0 Å². The van der Waals surface area contributed by atoms with E-state index in [-0.39, 0.29) is 23.7 Å². The van der Waals surface area contributed by atoms with E-state index in [9.17, 15) is 8.42 Å². The van der Waals surface area contributed by atoms with Gasteiger partial charge in [0.2, 0.25) is 0 Å². The minimum atomic E-state index is -3.79. The largest absolute Gasteiger partial charge is 0.382 e. The highest BCUT2D eigenvalue weighted by molar-refractivity contribution is 7.86. The average molecular weight is 360 g/mol. The SMILES string of the molecule is COC[C@H](C)OC[C@@H](C)OC[C@@H](C)OS(=O)(=O)c1ccc(C)cc1. The van der Waals surface area contributed by atoms with Crippen molar-refractivity contribution >= 4 is 10.1 Å². The van der Waals surface area contributed by atoms with Crippen molar-refractivity contribution < 1.29 is 26.8 Å². The maximum absolute atomic E-state index is 12.2. The van der Waals surface area contributed by atoms with Gasteiger partial charge in [-0.05, 0) is 39.8 Å². The highest BCUT2D eigenvalue weighted by Gasteiger charge is 2.20. The van der Waals surface area contributed by atoms with Crippen molar-refractivity contribution in [3.63, 3.8) is 0 Å². The number of aryl methyl sites for hydroxylation is 1. The normalized spacial score (nSPS) is 15.9. The van der Waals surface area contributed by atoms with Crippen LogP contribution in [0.2, 0.25) is 0 Å². The topological polar surface area (TPSA) is 71.1 Å². The predicted molar refractivity (Wildman–Crippen MR) is 91.6 cm³/mol. The molecule has 0 saturated heterocycles. The fourth-order valence-electron chi connectivity index (χ4n) is 1.94. The number of benzene rings is 1. The molecule has 0 heterocycles. The molecule has 138 valence electrons. The lowest BCUT2D eigenvalue weighted by Gasteiger charge is -2.19. The summed E-state index contributed by atoms with van der Waals surface area (Å²) in [4.78, 5) is 0.143. The Morgan fingerprint density at radius 2 is 1.38 bits per heavy atom. The van der Waals surface area contributed by atoms with Crippen LogP contribution in [0, 0.1) is 6.92 Å². The number of ether oxygens (including phenoxy) is 3. The molecule has 0 aliphatic heterocycles. The Balaban J connectivity index is 2.39. The second-order valence-electron chi connectivity index (χ2n) is 5.92. The molecular weight excluding hydrogens is 332 g/mol. The van der Waals surface area contributed by atoms with Gasteiger partial charge in [-0.25, -0.2) is 0 Å². The maximum Gasteiger partial charge on any atom is 0.297 e. The van der Waals surface area contributed by atoms with E-state index in [2.05, 4.69) is 0 Å². The van der Waals surface area contributed by atoms with E-state index in [1.165, 1.54) is 12.1 Å². The summed E-state index contributed by atoms with van der Waals surface area (Å²) in [6.07, 6.45) is -0.774. The van der Waals surface area contributed by atoms with Crippen molar-refractivity contribution in [2.75, 3.05) is 26.9 Å². The van der Waals surface area contributed by atoms with E-state index in [0.29, 0.717) is 13.2 Å². The Kier molecular flexibility index (Phi) is 8.86. The molecule has 0 bridgehead atoms. The van der Waals surface area contributed by atoms with Crippen molar-refractivity contribution in [2.45, 2.75) is 50.9 Å². The molecule has 0 unspecified atom stereocenters. The summed E-state index contributed by atoms with van der Waals surface area (Å²) in [5.74, 6) is 0. The van der Waals surface area contributed by atoms with Crippen LogP contribution in [0.15, 0.2) is 29.2 Å². The summed E-state index contributed by atoms with van der Waals surface area (Å²) in [5.41, 5.74) is 0.988. The number of hydrogen-bond acceptors (Lipinski definition) is 6. The van der Waals surface area contributed by atoms with Gasteiger partial charge in [0.25, 0.3) is 10.1 Å². The predicted octanol–water partition coefficient (Wildman–Crippen LogP) is 2.55. The highest BCUT2D eigenvalue weighted by atomic mass is 32.2. The molecule has 0 spiro atoms. The van der Waals surface area contributed by atoms with Crippen LogP contribution < -0.4 is 0 Å². The molecule has 0 amide bonds. The quantitative estimate of drug-likeness (QED) is 0.565. The van der Waals surface area contributed by atoms with Gasteiger partial charge in [0.05, 0.1) is 43.0 Å². The smallest absolute Gasteiger partial charge is 0.297 e. The van der Waals surface area contributed by atoms with Crippen LogP contribution in [-0.4, -0.2) is 53.7 Å². The minimum Gasteiger partial charge on any atom is -0.382 e. The third kappa shape index (κ3) is 7.72. The van der Waals surface area contributed by atoms with Crippen LogP contribution in [0.25, 0.3) is 0 Å². The molecule has 0 radical (unpaired) electrons. The second kappa shape index (κ2) is 10.1. The van der Waals surface area contributed by atoms with Gasteiger partial charge in [-0.1, -0.05) is 17.7 Å². The average Bonchev–Trinajstić information content (AvgIpc) is 2.51. The molecular formula is C17H28O6S. The third-order valence-corrected chi connectivity index (χ3v) is 4.66. The van der Waals surface area contributed by atoms with E-state index >= 15 is 0 Å². The van der Waals surface area contributed by atoms with E-state index in [0.717, 1.165) is 5.56 Å². The molecule has 0 aliphatic rings. The van der Waals surface area contributed by atoms with E-state index < -0.39 is 16.2 Å². The highest BCUT2D eigenvalue weighted by Crippen LogP contribution is 2.15. The van der Waals surface area contributed by atoms with Crippen molar-refractivity contribution in [1.82, 2.24) is 0 Å². The molecule has 0 aliphatic carbocycles. The Labute approximate surface area is 145 Å². The van der Waals surface area contributed by atoms with Crippen LogP contribution in [0.5, 0.6) is 0 Å². The Morgan fingerprint density at radius 1 is 0.875 bits per heavy atom. The molecule has 1 rings (SSSR count). The number of methoxy groups -OCH3 is 1. The zero-order chi connectivity index (χ0) is 18.2. The van der Waals surface area contributed by atoms with E-state index in [4.69, 9.17) is 18.4 Å². The van der Waals surface area contributed by atoms with Crippen LogP contribution >= 0.6 is 0 Å². The number of hydrogen-bond donors (Lipinski definition) is 0.